The first-order chi connectivity index (χ1) is 7.77. The quantitative estimate of drug-likeness (QED) is 0.656. The zero-order chi connectivity index (χ0) is 13.2. The summed E-state index contributed by atoms with van der Waals surface area (Å²) in [7, 11) is 0. The molecule has 0 aliphatic rings. The lowest BCUT2D eigenvalue weighted by Gasteiger charge is -2.23. The Morgan fingerprint density at radius 1 is 1.47 bits per heavy atom. The van der Waals surface area contributed by atoms with Crippen molar-refractivity contribution in [3.8, 4) is 0 Å². The van der Waals surface area contributed by atoms with Gasteiger partial charge in [-0.2, -0.15) is 13.2 Å². The van der Waals surface area contributed by atoms with Crippen molar-refractivity contribution in [2.75, 3.05) is 5.06 Å². The van der Waals surface area contributed by atoms with Crippen LogP contribution in [-0.4, -0.2) is 11.2 Å². The highest BCUT2D eigenvalue weighted by atomic mass is 35.5. The summed E-state index contributed by atoms with van der Waals surface area (Å²) >= 11 is 5.74. The minimum absolute atomic E-state index is 0.0363. The predicted molar refractivity (Wildman–Crippen MR) is 60.4 cm³/mol. The summed E-state index contributed by atoms with van der Waals surface area (Å²) in [5.41, 5.74) is -0.971. The third-order valence-corrected chi connectivity index (χ3v) is 2.57. The molecule has 0 saturated carbocycles. The number of nitrogens with zero attached hydrogens (tertiary/aromatic N) is 1. The Morgan fingerprint density at radius 2 is 2.06 bits per heavy atom. The first-order valence-electron chi connectivity index (χ1n) is 4.74. The molecule has 0 fully saturated rings. The number of hydrogen-bond acceptors (Lipinski definition) is 2. The molecular weight excluding hydrogens is 255 g/mol. The van der Waals surface area contributed by atoms with Crippen molar-refractivity contribution in [1.29, 1.82) is 0 Å². The highest BCUT2D eigenvalue weighted by molar-refractivity contribution is 6.33. The van der Waals surface area contributed by atoms with Crippen LogP contribution in [0.4, 0.5) is 18.9 Å². The fourth-order valence-electron chi connectivity index (χ4n) is 1.18. The monoisotopic (exact) mass is 265 g/mol. The summed E-state index contributed by atoms with van der Waals surface area (Å²) in [5.74, 6) is 0. The number of halogens is 4. The maximum atomic E-state index is 12.5. The third kappa shape index (κ3) is 3.14. The molecule has 2 nitrogen and oxygen atoms in total. The van der Waals surface area contributed by atoms with E-state index in [1.54, 1.807) is 6.92 Å². The summed E-state index contributed by atoms with van der Waals surface area (Å²) in [6.07, 6.45) is -3.09. The van der Waals surface area contributed by atoms with Gasteiger partial charge >= 0.3 is 6.18 Å². The molecule has 0 bridgehead atoms. The molecule has 0 spiro atoms. The minimum atomic E-state index is -4.47. The Labute approximate surface area is 102 Å². The highest BCUT2D eigenvalue weighted by Gasteiger charge is 2.31. The van der Waals surface area contributed by atoms with Gasteiger partial charge in [0.25, 0.3) is 0 Å². The minimum Gasteiger partial charge on any atom is -0.288 e. The second kappa shape index (κ2) is 4.98. The SMILES string of the molecule is C=CC(C)N(O)c1cc(C(F)(F)F)ccc1Cl. The van der Waals surface area contributed by atoms with Gasteiger partial charge in [0.1, 0.15) is 0 Å². The largest absolute Gasteiger partial charge is 0.416 e. The second-order valence-electron chi connectivity index (χ2n) is 3.48. The zero-order valence-corrected chi connectivity index (χ0v) is 9.76. The van der Waals surface area contributed by atoms with Crippen molar-refractivity contribution in [2.24, 2.45) is 0 Å². The van der Waals surface area contributed by atoms with E-state index in [-0.39, 0.29) is 10.7 Å². The van der Waals surface area contributed by atoms with Crippen LogP contribution in [0.1, 0.15) is 12.5 Å². The van der Waals surface area contributed by atoms with Gasteiger partial charge in [0.15, 0.2) is 0 Å². The van der Waals surface area contributed by atoms with Gasteiger partial charge < -0.3 is 0 Å². The van der Waals surface area contributed by atoms with Crippen LogP contribution in [0.3, 0.4) is 0 Å². The average Bonchev–Trinajstić information content (AvgIpc) is 2.26. The summed E-state index contributed by atoms with van der Waals surface area (Å²) in [4.78, 5) is 0. The van der Waals surface area contributed by atoms with E-state index in [0.717, 1.165) is 18.2 Å². The molecular formula is C11H11ClF3NO. The number of hydroxylamine groups is 1. The van der Waals surface area contributed by atoms with Gasteiger partial charge in [-0.15, -0.1) is 6.58 Å². The lowest BCUT2D eigenvalue weighted by Crippen LogP contribution is -2.28. The van der Waals surface area contributed by atoms with Crippen LogP contribution in [-0.2, 0) is 6.18 Å². The molecule has 0 saturated heterocycles. The van der Waals surface area contributed by atoms with Gasteiger partial charge in [-0.05, 0) is 25.1 Å². The van der Waals surface area contributed by atoms with E-state index in [0.29, 0.717) is 5.06 Å². The predicted octanol–water partition coefficient (Wildman–Crippen LogP) is 4.13. The summed E-state index contributed by atoms with van der Waals surface area (Å²) < 4.78 is 37.4. The van der Waals surface area contributed by atoms with Crippen molar-refractivity contribution in [1.82, 2.24) is 0 Å². The molecule has 0 aromatic heterocycles. The number of anilines is 1. The molecule has 1 aromatic rings. The van der Waals surface area contributed by atoms with Crippen LogP contribution < -0.4 is 5.06 Å². The second-order valence-corrected chi connectivity index (χ2v) is 3.89. The van der Waals surface area contributed by atoms with Crippen molar-refractivity contribution in [3.63, 3.8) is 0 Å². The molecule has 1 rings (SSSR count). The Bertz CT molecular complexity index is 420. The highest BCUT2D eigenvalue weighted by Crippen LogP contribution is 2.35. The molecule has 1 N–H and O–H groups in total. The molecule has 0 aliphatic heterocycles. The maximum absolute atomic E-state index is 12.5. The van der Waals surface area contributed by atoms with E-state index < -0.39 is 17.8 Å². The average molecular weight is 266 g/mol. The van der Waals surface area contributed by atoms with Gasteiger partial charge in [-0.1, -0.05) is 17.7 Å². The summed E-state index contributed by atoms with van der Waals surface area (Å²) in [6.45, 7) is 5.01. The standard InChI is InChI=1S/C11H11ClF3NO/c1-3-7(2)16(17)10-6-8(11(13,14)15)4-5-9(10)12/h3-7,17H,1H2,2H3. The van der Waals surface area contributed by atoms with E-state index in [2.05, 4.69) is 6.58 Å². The lowest BCUT2D eigenvalue weighted by molar-refractivity contribution is -0.137. The Balaban J connectivity index is 3.19. The van der Waals surface area contributed by atoms with E-state index in [1.807, 2.05) is 0 Å². The van der Waals surface area contributed by atoms with Gasteiger partial charge in [0, 0.05) is 0 Å². The van der Waals surface area contributed by atoms with E-state index in [9.17, 15) is 18.4 Å². The van der Waals surface area contributed by atoms with E-state index in [1.165, 1.54) is 6.08 Å². The van der Waals surface area contributed by atoms with Crippen LogP contribution in [0, 0.1) is 0 Å². The first kappa shape index (κ1) is 13.9. The molecule has 0 radical (unpaired) electrons. The molecule has 6 heteroatoms. The summed E-state index contributed by atoms with van der Waals surface area (Å²) in [6, 6.07) is 2.20. The van der Waals surface area contributed by atoms with Crippen LogP contribution >= 0.6 is 11.6 Å². The van der Waals surface area contributed by atoms with Crippen LogP contribution in [0.25, 0.3) is 0 Å². The Hall–Kier alpha value is -1.20. The number of benzene rings is 1. The summed E-state index contributed by atoms with van der Waals surface area (Å²) in [5, 5.41) is 10.4. The van der Waals surface area contributed by atoms with E-state index >= 15 is 0 Å². The molecule has 1 aromatic carbocycles. The third-order valence-electron chi connectivity index (χ3n) is 2.25. The molecule has 1 atom stereocenters. The molecule has 0 heterocycles. The van der Waals surface area contributed by atoms with E-state index in [4.69, 9.17) is 11.6 Å². The molecule has 0 aliphatic carbocycles. The van der Waals surface area contributed by atoms with Crippen LogP contribution in [0.15, 0.2) is 30.9 Å². The van der Waals surface area contributed by atoms with Gasteiger partial charge in [-0.3, -0.25) is 5.21 Å². The molecule has 1 unspecified atom stereocenters. The van der Waals surface area contributed by atoms with Crippen molar-refractivity contribution in [3.05, 3.63) is 41.4 Å². The Morgan fingerprint density at radius 3 is 2.53 bits per heavy atom. The smallest absolute Gasteiger partial charge is 0.288 e. The van der Waals surface area contributed by atoms with Gasteiger partial charge in [-0.25, -0.2) is 5.06 Å². The number of hydrogen-bond donors (Lipinski definition) is 1. The molecule has 94 valence electrons. The normalized spacial score (nSPS) is 13.3. The fourth-order valence-corrected chi connectivity index (χ4v) is 1.39. The van der Waals surface area contributed by atoms with Crippen molar-refractivity contribution < 1.29 is 18.4 Å². The number of alkyl halides is 3. The van der Waals surface area contributed by atoms with Gasteiger partial charge in [0.2, 0.25) is 0 Å². The fraction of sp³-hybridized carbons (Fsp3) is 0.273. The van der Waals surface area contributed by atoms with Crippen molar-refractivity contribution >= 4 is 17.3 Å². The zero-order valence-electron chi connectivity index (χ0n) is 9.00. The first-order valence-corrected chi connectivity index (χ1v) is 5.12. The van der Waals surface area contributed by atoms with Crippen LogP contribution in [0.5, 0.6) is 0 Å². The van der Waals surface area contributed by atoms with Gasteiger partial charge in [0.05, 0.1) is 22.3 Å². The molecule has 0 amide bonds. The topological polar surface area (TPSA) is 23.5 Å². The molecule has 17 heavy (non-hydrogen) atoms. The lowest BCUT2D eigenvalue weighted by atomic mass is 10.1. The maximum Gasteiger partial charge on any atom is 0.416 e. The van der Waals surface area contributed by atoms with Crippen molar-refractivity contribution in [2.45, 2.75) is 19.1 Å². The number of rotatable bonds is 3. The van der Waals surface area contributed by atoms with Crippen LogP contribution in [0.2, 0.25) is 5.02 Å². The Kier molecular flexibility index (Phi) is 4.06.